The molecular formula is C14H20FNO2. The number of rotatable bonds is 6. The molecule has 0 amide bonds. The molecule has 1 fully saturated rings. The van der Waals surface area contributed by atoms with E-state index in [1.54, 1.807) is 12.1 Å². The summed E-state index contributed by atoms with van der Waals surface area (Å²) in [4.78, 5) is 0. The van der Waals surface area contributed by atoms with Gasteiger partial charge >= 0.3 is 0 Å². The molecule has 1 unspecified atom stereocenters. The van der Waals surface area contributed by atoms with Crippen LogP contribution in [0.15, 0.2) is 24.3 Å². The molecule has 100 valence electrons. The van der Waals surface area contributed by atoms with Gasteiger partial charge in [0.15, 0.2) is 0 Å². The fraction of sp³-hybridized carbons (Fsp3) is 0.571. The number of aliphatic hydroxyl groups excluding tert-OH is 1. The second-order valence-corrected chi connectivity index (χ2v) is 5.21. The smallest absolute Gasteiger partial charge is 0.123 e. The molecule has 4 heteroatoms. The van der Waals surface area contributed by atoms with E-state index in [9.17, 15) is 9.50 Å². The summed E-state index contributed by atoms with van der Waals surface area (Å²) in [7, 11) is 0. The highest BCUT2D eigenvalue weighted by molar-refractivity contribution is 5.22. The van der Waals surface area contributed by atoms with Crippen molar-refractivity contribution >= 4 is 0 Å². The van der Waals surface area contributed by atoms with Crippen LogP contribution >= 0.6 is 0 Å². The molecule has 1 aliphatic carbocycles. The number of aliphatic hydroxyl groups is 1. The molecule has 1 aliphatic rings. The van der Waals surface area contributed by atoms with Crippen LogP contribution in [0.3, 0.4) is 0 Å². The Hall–Kier alpha value is -1.13. The van der Waals surface area contributed by atoms with Crippen molar-refractivity contribution in [2.45, 2.75) is 37.8 Å². The first-order valence-corrected chi connectivity index (χ1v) is 6.39. The van der Waals surface area contributed by atoms with Crippen molar-refractivity contribution in [3.63, 3.8) is 0 Å². The Morgan fingerprint density at radius 2 is 2.06 bits per heavy atom. The fourth-order valence-electron chi connectivity index (χ4n) is 2.03. The Labute approximate surface area is 107 Å². The third-order valence-electron chi connectivity index (χ3n) is 3.48. The van der Waals surface area contributed by atoms with Crippen LogP contribution < -0.4 is 10.1 Å². The predicted molar refractivity (Wildman–Crippen MR) is 68.2 cm³/mol. The van der Waals surface area contributed by atoms with Crippen molar-refractivity contribution in [2.24, 2.45) is 0 Å². The minimum absolute atomic E-state index is 0.191. The lowest BCUT2D eigenvalue weighted by molar-refractivity contribution is 0.0867. The zero-order valence-electron chi connectivity index (χ0n) is 10.7. The first kappa shape index (κ1) is 13.3. The van der Waals surface area contributed by atoms with Crippen molar-refractivity contribution in [3.05, 3.63) is 30.1 Å². The second-order valence-electron chi connectivity index (χ2n) is 5.21. The molecule has 3 nitrogen and oxygen atoms in total. The molecule has 1 saturated carbocycles. The Bertz CT molecular complexity index is 376. The number of β-amino-alcohol motifs (C(OH)–C–C–N with tert-alkyl or cyclic N) is 1. The number of nitrogens with one attached hydrogen (secondary N) is 1. The summed E-state index contributed by atoms with van der Waals surface area (Å²) in [5.74, 6) is 0.285. The van der Waals surface area contributed by atoms with Crippen LogP contribution in [0.4, 0.5) is 4.39 Å². The molecule has 1 aromatic rings. The maximum atomic E-state index is 12.7. The lowest BCUT2D eigenvalue weighted by Gasteiger charge is -2.40. The summed E-state index contributed by atoms with van der Waals surface area (Å²) >= 11 is 0. The Morgan fingerprint density at radius 3 is 2.61 bits per heavy atom. The van der Waals surface area contributed by atoms with E-state index in [-0.39, 0.29) is 18.0 Å². The van der Waals surface area contributed by atoms with Gasteiger partial charge in [0.25, 0.3) is 0 Å². The van der Waals surface area contributed by atoms with Crippen molar-refractivity contribution < 1.29 is 14.2 Å². The van der Waals surface area contributed by atoms with E-state index in [1.807, 2.05) is 0 Å². The Morgan fingerprint density at radius 1 is 1.39 bits per heavy atom. The molecule has 2 N–H and O–H groups in total. The summed E-state index contributed by atoms with van der Waals surface area (Å²) in [6.07, 6.45) is 3.04. The minimum atomic E-state index is -0.549. The molecule has 0 saturated heterocycles. The molecule has 0 heterocycles. The largest absolute Gasteiger partial charge is 0.491 e. The maximum absolute atomic E-state index is 12.7. The third kappa shape index (κ3) is 3.68. The van der Waals surface area contributed by atoms with Crippen LogP contribution in [0.2, 0.25) is 0 Å². The molecule has 0 spiro atoms. The number of benzene rings is 1. The Kier molecular flexibility index (Phi) is 4.19. The average molecular weight is 253 g/mol. The van der Waals surface area contributed by atoms with Crippen LogP contribution in [-0.2, 0) is 0 Å². The van der Waals surface area contributed by atoms with Crippen molar-refractivity contribution in [1.29, 1.82) is 0 Å². The molecule has 1 aromatic carbocycles. The monoisotopic (exact) mass is 253 g/mol. The quantitative estimate of drug-likeness (QED) is 0.815. The van der Waals surface area contributed by atoms with E-state index < -0.39 is 6.10 Å². The van der Waals surface area contributed by atoms with Gasteiger partial charge in [-0.1, -0.05) is 0 Å². The van der Waals surface area contributed by atoms with Crippen LogP contribution in [0, 0.1) is 5.82 Å². The molecule has 0 aromatic heterocycles. The number of ether oxygens (including phenoxy) is 1. The van der Waals surface area contributed by atoms with E-state index in [2.05, 4.69) is 12.2 Å². The number of hydrogen-bond acceptors (Lipinski definition) is 3. The topological polar surface area (TPSA) is 41.5 Å². The van der Waals surface area contributed by atoms with Crippen LogP contribution in [0.25, 0.3) is 0 Å². The van der Waals surface area contributed by atoms with E-state index in [0.717, 1.165) is 0 Å². The lowest BCUT2D eigenvalue weighted by Crippen LogP contribution is -2.51. The third-order valence-corrected chi connectivity index (χ3v) is 3.48. The van der Waals surface area contributed by atoms with Crippen molar-refractivity contribution in [2.75, 3.05) is 13.2 Å². The summed E-state index contributed by atoms with van der Waals surface area (Å²) in [5.41, 5.74) is 0.191. The van der Waals surface area contributed by atoms with Gasteiger partial charge in [-0.25, -0.2) is 4.39 Å². The Balaban J connectivity index is 1.68. The minimum Gasteiger partial charge on any atom is -0.491 e. The highest BCUT2D eigenvalue weighted by Crippen LogP contribution is 2.30. The summed E-state index contributed by atoms with van der Waals surface area (Å²) in [6.45, 7) is 2.91. The van der Waals surface area contributed by atoms with E-state index in [4.69, 9.17) is 4.74 Å². The van der Waals surface area contributed by atoms with Gasteiger partial charge < -0.3 is 15.2 Å². The average Bonchev–Trinajstić information content (AvgIpc) is 2.33. The standard InChI is InChI=1S/C14H20FNO2/c1-14(7-2-8-14)16-9-12(17)10-18-13-5-3-11(15)4-6-13/h3-6,12,16-17H,2,7-10H2,1H3. The van der Waals surface area contributed by atoms with E-state index >= 15 is 0 Å². The van der Waals surface area contributed by atoms with Gasteiger partial charge in [0.1, 0.15) is 24.3 Å². The first-order valence-electron chi connectivity index (χ1n) is 6.39. The van der Waals surface area contributed by atoms with Crippen LogP contribution in [-0.4, -0.2) is 29.9 Å². The molecule has 1 atom stereocenters. The maximum Gasteiger partial charge on any atom is 0.123 e. The van der Waals surface area contributed by atoms with Gasteiger partial charge in [-0.15, -0.1) is 0 Å². The molecule has 18 heavy (non-hydrogen) atoms. The molecule has 2 rings (SSSR count). The van der Waals surface area contributed by atoms with Crippen LogP contribution in [0.5, 0.6) is 5.75 Å². The van der Waals surface area contributed by atoms with Gasteiger partial charge in [-0.2, -0.15) is 0 Å². The van der Waals surface area contributed by atoms with Crippen molar-refractivity contribution in [3.8, 4) is 5.75 Å². The molecule has 0 radical (unpaired) electrons. The highest BCUT2D eigenvalue weighted by Gasteiger charge is 2.31. The van der Waals surface area contributed by atoms with Gasteiger partial charge in [-0.05, 0) is 50.5 Å². The summed E-state index contributed by atoms with van der Waals surface area (Å²) in [6, 6.07) is 5.80. The van der Waals surface area contributed by atoms with Gasteiger partial charge in [0.05, 0.1) is 0 Å². The second kappa shape index (κ2) is 5.67. The molecule has 0 bridgehead atoms. The van der Waals surface area contributed by atoms with Gasteiger partial charge in [-0.3, -0.25) is 0 Å². The zero-order valence-corrected chi connectivity index (χ0v) is 10.7. The predicted octanol–water partition coefficient (Wildman–Crippen LogP) is 2.10. The van der Waals surface area contributed by atoms with Crippen molar-refractivity contribution in [1.82, 2.24) is 5.32 Å². The van der Waals surface area contributed by atoms with E-state index in [1.165, 1.54) is 31.4 Å². The summed E-state index contributed by atoms with van der Waals surface area (Å²) in [5, 5.41) is 13.1. The van der Waals surface area contributed by atoms with Gasteiger partial charge in [0.2, 0.25) is 0 Å². The molecular weight excluding hydrogens is 233 g/mol. The molecule has 0 aliphatic heterocycles. The number of halogens is 1. The first-order chi connectivity index (χ1) is 8.57. The SMILES string of the molecule is CC1(NCC(O)COc2ccc(F)cc2)CCC1. The normalized spacial score (nSPS) is 19.1. The zero-order chi connectivity index (χ0) is 13.0. The lowest BCUT2D eigenvalue weighted by atomic mass is 9.78. The van der Waals surface area contributed by atoms with Gasteiger partial charge in [0, 0.05) is 12.1 Å². The van der Waals surface area contributed by atoms with Crippen LogP contribution in [0.1, 0.15) is 26.2 Å². The fourth-order valence-corrected chi connectivity index (χ4v) is 2.03. The highest BCUT2D eigenvalue weighted by atomic mass is 19.1. The number of hydrogen-bond donors (Lipinski definition) is 2. The van der Waals surface area contributed by atoms with E-state index in [0.29, 0.717) is 12.3 Å². The summed E-state index contributed by atoms with van der Waals surface area (Å²) < 4.78 is 18.1.